The highest BCUT2D eigenvalue weighted by Gasteiger charge is 2.20. The van der Waals surface area contributed by atoms with E-state index in [4.69, 9.17) is 23.2 Å². The second-order valence-electron chi connectivity index (χ2n) is 5.73. The maximum absolute atomic E-state index is 13.0. The number of rotatable bonds is 4. The highest BCUT2D eigenvalue weighted by atomic mass is 35.5. The maximum atomic E-state index is 13.0. The van der Waals surface area contributed by atoms with E-state index in [-0.39, 0.29) is 21.2 Å². The third-order valence-corrected chi connectivity index (χ3v) is 4.48. The van der Waals surface area contributed by atoms with Gasteiger partial charge in [0.2, 0.25) is 0 Å². The molecule has 0 bridgehead atoms. The molecule has 0 radical (unpaired) electrons. The molecule has 0 aliphatic rings. The first-order chi connectivity index (χ1) is 13.3. The average Bonchev–Trinajstić information content (AvgIpc) is 2.67. The molecule has 0 unspecified atom stereocenters. The highest BCUT2D eigenvalue weighted by molar-refractivity contribution is 6.42. The van der Waals surface area contributed by atoms with Crippen molar-refractivity contribution in [3.63, 3.8) is 0 Å². The number of hydrogen-bond acceptors (Lipinski definition) is 2. The Labute approximate surface area is 169 Å². The first-order valence-corrected chi connectivity index (χ1v) is 8.72. The van der Waals surface area contributed by atoms with Crippen molar-refractivity contribution >= 4 is 46.4 Å². The first kappa shape index (κ1) is 19.8. The van der Waals surface area contributed by atoms with Crippen LogP contribution >= 0.6 is 23.2 Å². The van der Waals surface area contributed by atoms with Crippen LogP contribution in [0.5, 0.6) is 0 Å². The molecular weight excluding hydrogens is 409 g/mol. The van der Waals surface area contributed by atoms with E-state index < -0.39 is 23.4 Å². The van der Waals surface area contributed by atoms with Crippen molar-refractivity contribution < 1.29 is 18.4 Å². The Kier molecular flexibility index (Phi) is 5.92. The zero-order valence-electron chi connectivity index (χ0n) is 14.1. The van der Waals surface area contributed by atoms with Crippen molar-refractivity contribution in [1.82, 2.24) is 0 Å². The van der Waals surface area contributed by atoms with Crippen LogP contribution in [-0.4, -0.2) is 11.8 Å². The molecule has 0 aliphatic carbocycles. The summed E-state index contributed by atoms with van der Waals surface area (Å²) in [7, 11) is 0. The van der Waals surface area contributed by atoms with Gasteiger partial charge in [-0.15, -0.1) is 0 Å². The number of nitrogens with one attached hydrogen (secondary N) is 2. The van der Waals surface area contributed by atoms with Crippen molar-refractivity contribution in [3.8, 4) is 0 Å². The topological polar surface area (TPSA) is 58.2 Å². The van der Waals surface area contributed by atoms with Crippen LogP contribution in [0.2, 0.25) is 10.0 Å². The van der Waals surface area contributed by atoms with Crippen molar-refractivity contribution in [2.24, 2.45) is 0 Å². The lowest BCUT2D eigenvalue weighted by molar-refractivity contribution is 0.0990. The van der Waals surface area contributed by atoms with E-state index in [0.29, 0.717) is 11.4 Å². The smallest absolute Gasteiger partial charge is 0.256 e. The molecule has 3 rings (SSSR count). The SMILES string of the molecule is O=C(Nc1ccc(F)cc1)c1cc(Cl)c(Cl)cc1C(=O)Nc1ccc(F)cc1. The van der Waals surface area contributed by atoms with E-state index >= 15 is 0 Å². The number of amides is 2. The molecule has 0 atom stereocenters. The summed E-state index contributed by atoms with van der Waals surface area (Å²) in [4.78, 5) is 25.3. The van der Waals surface area contributed by atoms with Gasteiger partial charge in [0.05, 0.1) is 21.2 Å². The molecule has 0 saturated carbocycles. The summed E-state index contributed by atoms with van der Waals surface area (Å²) < 4.78 is 26.1. The molecule has 3 aromatic carbocycles. The predicted octanol–water partition coefficient (Wildman–Crippen LogP) is 5.78. The van der Waals surface area contributed by atoms with Crippen LogP contribution in [0.4, 0.5) is 20.2 Å². The average molecular weight is 421 g/mol. The van der Waals surface area contributed by atoms with Crippen molar-refractivity contribution in [2.75, 3.05) is 10.6 Å². The van der Waals surface area contributed by atoms with Crippen LogP contribution in [0, 0.1) is 11.6 Å². The Morgan fingerprint density at radius 2 is 0.964 bits per heavy atom. The predicted molar refractivity (Wildman–Crippen MR) is 105 cm³/mol. The summed E-state index contributed by atoms with van der Waals surface area (Å²) in [5.74, 6) is -2.16. The molecule has 0 aromatic heterocycles. The standard InChI is InChI=1S/C20H12Cl2F2N2O2/c21-17-9-15(19(27)25-13-5-1-11(23)2-6-13)16(10-18(17)22)20(28)26-14-7-3-12(24)4-8-14/h1-10H,(H,25,27)(H,26,28). The van der Waals surface area contributed by atoms with E-state index in [9.17, 15) is 18.4 Å². The lowest BCUT2D eigenvalue weighted by Gasteiger charge is -2.12. The number of anilines is 2. The fourth-order valence-electron chi connectivity index (χ4n) is 2.39. The van der Waals surface area contributed by atoms with Gasteiger partial charge in [0.15, 0.2) is 0 Å². The lowest BCUT2D eigenvalue weighted by Crippen LogP contribution is -2.20. The molecule has 2 amide bonds. The fraction of sp³-hybridized carbons (Fsp3) is 0. The number of hydrogen-bond donors (Lipinski definition) is 2. The Morgan fingerprint density at radius 3 is 1.29 bits per heavy atom. The Balaban J connectivity index is 1.90. The molecule has 2 N–H and O–H groups in total. The Bertz CT molecular complexity index is 955. The molecule has 0 aliphatic heterocycles. The van der Waals surface area contributed by atoms with Crippen LogP contribution in [0.1, 0.15) is 20.7 Å². The molecule has 142 valence electrons. The third kappa shape index (κ3) is 4.65. The van der Waals surface area contributed by atoms with Crippen LogP contribution in [-0.2, 0) is 0 Å². The maximum Gasteiger partial charge on any atom is 0.256 e. The van der Waals surface area contributed by atoms with Crippen LogP contribution < -0.4 is 10.6 Å². The summed E-state index contributed by atoms with van der Waals surface area (Å²) in [6, 6.07) is 12.8. The van der Waals surface area contributed by atoms with E-state index in [0.717, 1.165) is 0 Å². The molecule has 0 heterocycles. The first-order valence-electron chi connectivity index (χ1n) is 7.96. The molecular formula is C20H12Cl2F2N2O2. The summed E-state index contributed by atoms with van der Waals surface area (Å²) in [6.07, 6.45) is 0. The largest absolute Gasteiger partial charge is 0.322 e. The van der Waals surface area contributed by atoms with Crippen LogP contribution in [0.25, 0.3) is 0 Å². The summed E-state index contributed by atoms with van der Waals surface area (Å²) in [6.45, 7) is 0. The van der Waals surface area contributed by atoms with Gasteiger partial charge in [-0.05, 0) is 60.7 Å². The highest BCUT2D eigenvalue weighted by Crippen LogP contribution is 2.27. The number of benzene rings is 3. The van der Waals surface area contributed by atoms with Crippen LogP contribution in [0.3, 0.4) is 0 Å². The van der Waals surface area contributed by atoms with Crippen LogP contribution in [0.15, 0.2) is 60.7 Å². The Hall–Kier alpha value is -2.96. The zero-order chi connectivity index (χ0) is 20.3. The Morgan fingerprint density at radius 1 is 0.643 bits per heavy atom. The van der Waals surface area contributed by atoms with E-state index in [1.807, 2.05) is 0 Å². The minimum absolute atomic E-state index is 0.0293. The van der Waals surface area contributed by atoms with Gasteiger partial charge >= 0.3 is 0 Å². The van der Waals surface area contributed by atoms with E-state index in [2.05, 4.69) is 10.6 Å². The molecule has 3 aromatic rings. The minimum Gasteiger partial charge on any atom is -0.322 e. The van der Waals surface area contributed by atoms with E-state index in [1.165, 1.54) is 60.7 Å². The normalized spacial score (nSPS) is 10.4. The zero-order valence-corrected chi connectivity index (χ0v) is 15.6. The van der Waals surface area contributed by atoms with Crippen molar-refractivity contribution in [2.45, 2.75) is 0 Å². The van der Waals surface area contributed by atoms with Gasteiger partial charge in [-0.25, -0.2) is 8.78 Å². The summed E-state index contributed by atoms with van der Waals surface area (Å²) >= 11 is 12.0. The van der Waals surface area contributed by atoms with Gasteiger partial charge < -0.3 is 10.6 Å². The monoisotopic (exact) mass is 420 g/mol. The van der Waals surface area contributed by atoms with Gasteiger partial charge in [0.1, 0.15) is 11.6 Å². The molecule has 28 heavy (non-hydrogen) atoms. The molecule has 8 heteroatoms. The summed E-state index contributed by atoms with van der Waals surface area (Å²) in [5, 5.41) is 5.30. The summed E-state index contributed by atoms with van der Waals surface area (Å²) in [5.41, 5.74) is 0.612. The van der Waals surface area contributed by atoms with E-state index in [1.54, 1.807) is 0 Å². The van der Waals surface area contributed by atoms with Gasteiger partial charge in [-0.1, -0.05) is 23.2 Å². The molecule has 0 spiro atoms. The van der Waals surface area contributed by atoms with Gasteiger partial charge in [0, 0.05) is 11.4 Å². The van der Waals surface area contributed by atoms with Gasteiger partial charge in [-0.2, -0.15) is 0 Å². The second-order valence-corrected chi connectivity index (χ2v) is 6.55. The molecule has 4 nitrogen and oxygen atoms in total. The minimum atomic E-state index is -0.630. The number of carbonyl (C=O) groups excluding carboxylic acids is 2. The van der Waals surface area contributed by atoms with Gasteiger partial charge in [0.25, 0.3) is 11.8 Å². The molecule has 0 saturated heterocycles. The van der Waals surface area contributed by atoms with Crippen molar-refractivity contribution in [3.05, 3.63) is 93.5 Å². The number of carbonyl (C=O) groups is 2. The second kappa shape index (κ2) is 8.37. The quantitative estimate of drug-likeness (QED) is 0.562. The number of halogens is 4. The fourth-order valence-corrected chi connectivity index (χ4v) is 2.71. The third-order valence-electron chi connectivity index (χ3n) is 3.75. The van der Waals surface area contributed by atoms with Crippen molar-refractivity contribution in [1.29, 1.82) is 0 Å². The van der Waals surface area contributed by atoms with Gasteiger partial charge in [-0.3, -0.25) is 9.59 Å². The lowest BCUT2D eigenvalue weighted by atomic mass is 10.1. The molecule has 0 fully saturated rings.